The van der Waals surface area contributed by atoms with E-state index in [-0.39, 0.29) is 18.9 Å². The molecule has 6 unspecified atom stereocenters. The van der Waals surface area contributed by atoms with Crippen molar-refractivity contribution in [3.05, 3.63) is 35.9 Å². The van der Waals surface area contributed by atoms with Gasteiger partial charge in [-0.3, -0.25) is 19.2 Å². The highest BCUT2D eigenvalue weighted by molar-refractivity contribution is 5.98. The van der Waals surface area contributed by atoms with Crippen molar-refractivity contribution in [2.45, 2.75) is 81.8 Å². The summed E-state index contributed by atoms with van der Waals surface area (Å²) in [6.45, 7) is 3.39. The second-order valence-corrected chi connectivity index (χ2v) is 9.84. The molecule has 198 valence electrons. The molecule has 4 amide bonds. The Morgan fingerprint density at radius 3 is 2.33 bits per heavy atom. The fourth-order valence-electron chi connectivity index (χ4n) is 5.20. The Bertz CT molecular complexity index is 971. The van der Waals surface area contributed by atoms with E-state index in [1.807, 2.05) is 30.3 Å². The van der Waals surface area contributed by atoms with Crippen LogP contribution in [0.5, 0.6) is 0 Å². The first-order chi connectivity index (χ1) is 17.0. The second-order valence-electron chi connectivity index (χ2n) is 9.84. The van der Waals surface area contributed by atoms with Gasteiger partial charge in [0.05, 0.1) is 12.2 Å². The SMILES string of the molecule is CC(O)C(N)C(=O)N1CCCC1C(=O)N1CCCC1(Cc1ccccc1)C(=O)NC(C(N)=O)C(C)O. The van der Waals surface area contributed by atoms with Gasteiger partial charge in [-0.15, -0.1) is 0 Å². The van der Waals surface area contributed by atoms with Crippen molar-refractivity contribution in [3.8, 4) is 0 Å². The molecule has 0 aromatic heterocycles. The molecule has 0 radical (unpaired) electrons. The number of benzene rings is 1. The minimum Gasteiger partial charge on any atom is -0.391 e. The number of amides is 4. The van der Waals surface area contributed by atoms with E-state index in [2.05, 4.69) is 5.32 Å². The number of rotatable bonds is 9. The van der Waals surface area contributed by atoms with Gasteiger partial charge in [-0.25, -0.2) is 0 Å². The molecular formula is C25H37N5O6. The molecule has 3 rings (SSSR count). The molecule has 2 aliphatic rings. The van der Waals surface area contributed by atoms with Crippen molar-refractivity contribution in [2.75, 3.05) is 13.1 Å². The third-order valence-electron chi connectivity index (χ3n) is 7.22. The van der Waals surface area contributed by atoms with Gasteiger partial charge in [0, 0.05) is 19.5 Å². The van der Waals surface area contributed by atoms with Crippen LogP contribution in [0.2, 0.25) is 0 Å². The lowest BCUT2D eigenvalue weighted by molar-refractivity contribution is -0.152. The summed E-state index contributed by atoms with van der Waals surface area (Å²) in [6.07, 6.45) is -0.246. The number of likely N-dealkylation sites (tertiary alicyclic amines) is 2. The number of aliphatic hydroxyl groups is 2. The lowest BCUT2D eigenvalue weighted by Gasteiger charge is -2.41. The van der Waals surface area contributed by atoms with Crippen molar-refractivity contribution < 1.29 is 29.4 Å². The second kappa shape index (κ2) is 11.4. The van der Waals surface area contributed by atoms with Crippen LogP contribution in [-0.4, -0.2) is 92.6 Å². The topological polar surface area (TPSA) is 179 Å². The molecule has 1 aromatic carbocycles. The molecule has 11 nitrogen and oxygen atoms in total. The van der Waals surface area contributed by atoms with Crippen molar-refractivity contribution in [1.29, 1.82) is 0 Å². The fraction of sp³-hybridized carbons (Fsp3) is 0.600. The van der Waals surface area contributed by atoms with E-state index >= 15 is 0 Å². The first-order valence-electron chi connectivity index (χ1n) is 12.4. The standard InChI is InChI=1S/C25H37N5O6/c1-15(31)19(26)23(35)29-12-6-10-18(29)22(34)30-13-7-11-25(30,14-17-8-4-3-5-9-17)24(36)28-20(16(2)32)21(27)33/h3-5,8-9,15-16,18-20,31-32H,6-7,10-14,26H2,1-2H3,(H2,27,33)(H,28,36). The molecule has 11 heteroatoms. The van der Waals surface area contributed by atoms with Gasteiger partial charge in [0.1, 0.15) is 23.7 Å². The smallest absolute Gasteiger partial charge is 0.247 e. The molecule has 0 saturated carbocycles. The predicted octanol–water partition coefficient (Wildman–Crippen LogP) is -1.36. The van der Waals surface area contributed by atoms with Gasteiger partial charge < -0.3 is 36.8 Å². The van der Waals surface area contributed by atoms with Crippen LogP contribution in [0.25, 0.3) is 0 Å². The summed E-state index contributed by atoms with van der Waals surface area (Å²) in [6, 6.07) is 5.92. The van der Waals surface area contributed by atoms with Crippen LogP contribution in [0.1, 0.15) is 45.1 Å². The quantitative estimate of drug-likeness (QED) is 0.276. The van der Waals surface area contributed by atoms with Gasteiger partial charge >= 0.3 is 0 Å². The largest absolute Gasteiger partial charge is 0.391 e. The average molecular weight is 504 g/mol. The van der Waals surface area contributed by atoms with Crippen LogP contribution in [0.15, 0.2) is 30.3 Å². The highest BCUT2D eigenvalue weighted by Gasteiger charge is 2.53. The number of nitrogens with one attached hydrogen (secondary N) is 1. The Hall–Kier alpha value is -3.02. The molecule has 36 heavy (non-hydrogen) atoms. The van der Waals surface area contributed by atoms with Gasteiger partial charge in [0.15, 0.2) is 0 Å². The number of nitrogens with two attached hydrogens (primary N) is 2. The van der Waals surface area contributed by atoms with Crippen LogP contribution in [0.3, 0.4) is 0 Å². The zero-order valence-corrected chi connectivity index (χ0v) is 20.8. The van der Waals surface area contributed by atoms with Crippen LogP contribution in [0.4, 0.5) is 0 Å². The van der Waals surface area contributed by atoms with E-state index in [4.69, 9.17) is 11.5 Å². The molecule has 7 N–H and O–H groups in total. The molecule has 6 atom stereocenters. The zero-order valence-electron chi connectivity index (χ0n) is 20.8. The fourth-order valence-corrected chi connectivity index (χ4v) is 5.20. The van der Waals surface area contributed by atoms with Gasteiger partial charge in [-0.2, -0.15) is 0 Å². The third-order valence-corrected chi connectivity index (χ3v) is 7.22. The van der Waals surface area contributed by atoms with Crippen molar-refractivity contribution in [1.82, 2.24) is 15.1 Å². The summed E-state index contributed by atoms with van der Waals surface area (Å²) < 4.78 is 0. The maximum absolute atomic E-state index is 13.9. The Kier molecular flexibility index (Phi) is 8.70. The van der Waals surface area contributed by atoms with Crippen molar-refractivity contribution in [3.63, 3.8) is 0 Å². The Morgan fingerprint density at radius 2 is 1.75 bits per heavy atom. The van der Waals surface area contributed by atoms with E-state index in [0.717, 1.165) is 5.56 Å². The summed E-state index contributed by atoms with van der Waals surface area (Å²) in [5.41, 5.74) is 10.8. The number of carbonyl (C=O) groups is 4. The number of hydrogen-bond donors (Lipinski definition) is 5. The number of aliphatic hydroxyl groups excluding tert-OH is 2. The summed E-state index contributed by atoms with van der Waals surface area (Å²) in [5.74, 6) is -2.36. The van der Waals surface area contributed by atoms with E-state index in [1.165, 1.54) is 23.6 Å². The Balaban J connectivity index is 1.96. The van der Waals surface area contributed by atoms with Crippen LogP contribution < -0.4 is 16.8 Å². The Labute approximate surface area is 210 Å². The van der Waals surface area contributed by atoms with Crippen molar-refractivity contribution >= 4 is 23.6 Å². The molecule has 2 saturated heterocycles. The molecule has 2 heterocycles. The normalized spacial score (nSPS) is 25.2. The lowest BCUT2D eigenvalue weighted by atomic mass is 9.86. The number of hydrogen-bond acceptors (Lipinski definition) is 7. The minimum atomic E-state index is -1.34. The molecule has 0 spiro atoms. The van der Waals surface area contributed by atoms with E-state index in [9.17, 15) is 29.4 Å². The monoisotopic (exact) mass is 503 g/mol. The highest BCUT2D eigenvalue weighted by atomic mass is 16.3. The van der Waals surface area contributed by atoms with E-state index < -0.39 is 53.6 Å². The minimum absolute atomic E-state index is 0.185. The molecule has 0 aliphatic carbocycles. The van der Waals surface area contributed by atoms with Crippen LogP contribution >= 0.6 is 0 Å². The van der Waals surface area contributed by atoms with Crippen molar-refractivity contribution in [2.24, 2.45) is 11.5 Å². The molecule has 0 bridgehead atoms. The maximum Gasteiger partial charge on any atom is 0.247 e. The lowest BCUT2D eigenvalue weighted by Crippen LogP contribution is -2.65. The Morgan fingerprint density at radius 1 is 1.08 bits per heavy atom. The molecule has 2 fully saturated rings. The average Bonchev–Trinajstić information content (AvgIpc) is 3.49. The van der Waals surface area contributed by atoms with E-state index in [0.29, 0.717) is 32.2 Å². The van der Waals surface area contributed by atoms with Crippen LogP contribution in [-0.2, 0) is 25.6 Å². The summed E-state index contributed by atoms with van der Waals surface area (Å²) in [4.78, 5) is 55.4. The van der Waals surface area contributed by atoms with Gasteiger partial charge in [-0.1, -0.05) is 30.3 Å². The maximum atomic E-state index is 13.9. The zero-order chi connectivity index (χ0) is 26.6. The highest BCUT2D eigenvalue weighted by Crippen LogP contribution is 2.36. The first kappa shape index (κ1) is 27.6. The summed E-state index contributed by atoms with van der Waals surface area (Å²) in [7, 11) is 0. The first-order valence-corrected chi connectivity index (χ1v) is 12.4. The van der Waals surface area contributed by atoms with Gasteiger partial charge in [-0.05, 0) is 45.1 Å². The molecule has 1 aromatic rings. The number of carbonyl (C=O) groups excluding carboxylic acids is 4. The van der Waals surface area contributed by atoms with Crippen LogP contribution in [0, 0.1) is 0 Å². The van der Waals surface area contributed by atoms with E-state index in [1.54, 1.807) is 0 Å². The number of primary amides is 1. The number of nitrogens with zero attached hydrogens (tertiary/aromatic N) is 2. The summed E-state index contributed by atoms with van der Waals surface area (Å²) in [5, 5.41) is 22.4. The predicted molar refractivity (Wildman–Crippen MR) is 131 cm³/mol. The summed E-state index contributed by atoms with van der Waals surface area (Å²) >= 11 is 0. The molecular weight excluding hydrogens is 466 g/mol. The third kappa shape index (κ3) is 5.53. The van der Waals surface area contributed by atoms with Gasteiger partial charge in [0.2, 0.25) is 23.6 Å². The molecule has 2 aliphatic heterocycles. The van der Waals surface area contributed by atoms with Gasteiger partial charge in [0.25, 0.3) is 0 Å².